The van der Waals surface area contributed by atoms with Crippen LogP contribution in [0.4, 0.5) is 16.2 Å². The lowest BCUT2D eigenvalue weighted by molar-refractivity contribution is 0.0600. The molecule has 26 heavy (non-hydrogen) atoms. The predicted octanol–water partition coefficient (Wildman–Crippen LogP) is 2.53. The molecule has 136 valence electrons. The lowest BCUT2D eigenvalue weighted by Gasteiger charge is -2.35. The number of anilines is 2. The molecule has 1 aliphatic rings. The van der Waals surface area contributed by atoms with Gasteiger partial charge in [-0.25, -0.2) is 9.59 Å². The highest BCUT2D eigenvalue weighted by Crippen LogP contribution is 2.19. The van der Waals surface area contributed by atoms with Crippen LogP contribution in [0.15, 0.2) is 42.7 Å². The van der Waals surface area contributed by atoms with E-state index in [-0.39, 0.29) is 6.03 Å². The third-order valence-electron chi connectivity index (χ3n) is 4.48. The first-order chi connectivity index (χ1) is 12.6. The summed E-state index contributed by atoms with van der Waals surface area (Å²) >= 11 is 0. The van der Waals surface area contributed by atoms with Gasteiger partial charge in [0, 0.05) is 38.1 Å². The third-order valence-corrected chi connectivity index (χ3v) is 4.48. The molecule has 1 aromatic heterocycles. The highest BCUT2D eigenvalue weighted by molar-refractivity contribution is 5.94. The molecule has 2 heterocycles. The van der Waals surface area contributed by atoms with Gasteiger partial charge in [0.25, 0.3) is 0 Å². The molecule has 0 atom stereocenters. The quantitative estimate of drug-likeness (QED) is 0.858. The van der Waals surface area contributed by atoms with Gasteiger partial charge in [-0.05, 0) is 36.8 Å². The van der Waals surface area contributed by atoms with Crippen LogP contribution in [0, 0.1) is 6.92 Å². The SMILES string of the molecule is COC(=O)c1ccc(C)c(NC(=O)N2CCN(c3cccnc3)CC2)c1. The van der Waals surface area contributed by atoms with Crippen molar-refractivity contribution in [3.8, 4) is 0 Å². The third kappa shape index (κ3) is 3.93. The maximum absolute atomic E-state index is 12.6. The predicted molar refractivity (Wildman–Crippen MR) is 99.6 cm³/mol. The molecule has 0 unspecified atom stereocenters. The van der Waals surface area contributed by atoms with Crippen LogP contribution in [0.1, 0.15) is 15.9 Å². The number of hydrogen-bond donors (Lipinski definition) is 1. The number of aromatic nitrogens is 1. The van der Waals surface area contributed by atoms with E-state index in [0.29, 0.717) is 24.3 Å². The Labute approximate surface area is 152 Å². The number of piperazine rings is 1. The maximum atomic E-state index is 12.6. The first-order valence-corrected chi connectivity index (χ1v) is 8.48. The van der Waals surface area contributed by atoms with E-state index >= 15 is 0 Å². The highest BCUT2D eigenvalue weighted by Gasteiger charge is 2.22. The summed E-state index contributed by atoms with van der Waals surface area (Å²) in [6.45, 7) is 4.63. The molecule has 7 heteroatoms. The van der Waals surface area contributed by atoms with Crippen LogP contribution in [0.3, 0.4) is 0 Å². The molecule has 1 fully saturated rings. The Bertz CT molecular complexity index is 787. The van der Waals surface area contributed by atoms with E-state index in [1.54, 1.807) is 29.3 Å². The summed E-state index contributed by atoms with van der Waals surface area (Å²) in [4.78, 5) is 32.4. The summed E-state index contributed by atoms with van der Waals surface area (Å²) < 4.78 is 4.73. The molecule has 3 rings (SSSR count). The number of pyridine rings is 1. The highest BCUT2D eigenvalue weighted by atomic mass is 16.5. The molecule has 1 saturated heterocycles. The molecule has 0 bridgehead atoms. The van der Waals surface area contributed by atoms with E-state index in [0.717, 1.165) is 24.3 Å². The van der Waals surface area contributed by atoms with Crippen molar-refractivity contribution >= 4 is 23.4 Å². The van der Waals surface area contributed by atoms with Gasteiger partial charge in [-0.15, -0.1) is 0 Å². The van der Waals surface area contributed by atoms with Crippen LogP contribution in [0.5, 0.6) is 0 Å². The van der Waals surface area contributed by atoms with Crippen LogP contribution in [0.25, 0.3) is 0 Å². The van der Waals surface area contributed by atoms with Gasteiger partial charge in [-0.2, -0.15) is 0 Å². The fraction of sp³-hybridized carbons (Fsp3) is 0.316. The zero-order valence-corrected chi connectivity index (χ0v) is 14.9. The monoisotopic (exact) mass is 354 g/mol. The molecule has 0 saturated carbocycles. The minimum absolute atomic E-state index is 0.166. The first-order valence-electron chi connectivity index (χ1n) is 8.48. The number of carbonyl (C=O) groups is 2. The number of nitrogens with one attached hydrogen (secondary N) is 1. The van der Waals surface area contributed by atoms with Crippen molar-refractivity contribution < 1.29 is 14.3 Å². The van der Waals surface area contributed by atoms with Crippen molar-refractivity contribution in [3.63, 3.8) is 0 Å². The molecular weight excluding hydrogens is 332 g/mol. The smallest absolute Gasteiger partial charge is 0.337 e. The minimum atomic E-state index is -0.425. The number of nitrogens with zero attached hydrogens (tertiary/aromatic N) is 3. The number of carbonyl (C=O) groups excluding carboxylic acids is 2. The van der Waals surface area contributed by atoms with Crippen LogP contribution in [-0.2, 0) is 4.74 Å². The summed E-state index contributed by atoms with van der Waals surface area (Å²) in [7, 11) is 1.34. The van der Waals surface area contributed by atoms with Crippen molar-refractivity contribution in [2.45, 2.75) is 6.92 Å². The van der Waals surface area contributed by atoms with Crippen molar-refractivity contribution in [1.82, 2.24) is 9.88 Å². The summed E-state index contributed by atoms with van der Waals surface area (Å²) in [5.41, 5.74) is 2.98. The van der Waals surface area contributed by atoms with Gasteiger partial charge in [0.1, 0.15) is 0 Å². The molecule has 0 spiro atoms. The van der Waals surface area contributed by atoms with Crippen LogP contribution < -0.4 is 10.2 Å². The molecular formula is C19H22N4O3. The molecule has 2 amide bonds. The Kier molecular flexibility index (Phi) is 5.36. The van der Waals surface area contributed by atoms with E-state index in [2.05, 4.69) is 15.2 Å². The molecule has 0 aliphatic carbocycles. The number of ether oxygens (including phenoxy) is 1. The van der Waals surface area contributed by atoms with E-state index in [1.165, 1.54) is 7.11 Å². The second kappa shape index (κ2) is 7.86. The number of rotatable bonds is 3. The van der Waals surface area contributed by atoms with Gasteiger partial charge in [-0.3, -0.25) is 4.98 Å². The average molecular weight is 354 g/mol. The minimum Gasteiger partial charge on any atom is -0.465 e. The summed E-state index contributed by atoms with van der Waals surface area (Å²) in [5, 5.41) is 2.90. The lowest BCUT2D eigenvalue weighted by atomic mass is 10.1. The Morgan fingerprint density at radius 2 is 1.92 bits per heavy atom. The summed E-state index contributed by atoms with van der Waals surface area (Å²) in [5.74, 6) is -0.425. The van der Waals surface area contributed by atoms with Gasteiger partial charge < -0.3 is 19.9 Å². The fourth-order valence-corrected chi connectivity index (χ4v) is 2.90. The zero-order valence-electron chi connectivity index (χ0n) is 14.9. The Morgan fingerprint density at radius 1 is 1.15 bits per heavy atom. The van der Waals surface area contributed by atoms with E-state index < -0.39 is 5.97 Å². The average Bonchev–Trinajstić information content (AvgIpc) is 2.69. The van der Waals surface area contributed by atoms with Crippen molar-refractivity contribution in [2.75, 3.05) is 43.5 Å². The number of amides is 2. The normalized spacial score (nSPS) is 14.1. The van der Waals surface area contributed by atoms with Gasteiger partial charge in [0.15, 0.2) is 0 Å². The number of esters is 1. The van der Waals surface area contributed by atoms with Crippen molar-refractivity contribution in [2.24, 2.45) is 0 Å². The summed E-state index contributed by atoms with van der Waals surface area (Å²) in [6.07, 6.45) is 3.58. The summed E-state index contributed by atoms with van der Waals surface area (Å²) in [6, 6.07) is 8.88. The van der Waals surface area contributed by atoms with Crippen LogP contribution in [-0.4, -0.2) is 55.2 Å². The largest absolute Gasteiger partial charge is 0.465 e. The van der Waals surface area contributed by atoms with Crippen molar-refractivity contribution in [3.05, 3.63) is 53.9 Å². The lowest BCUT2D eigenvalue weighted by Crippen LogP contribution is -2.50. The van der Waals surface area contributed by atoms with Crippen molar-refractivity contribution in [1.29, 1.82) is 0 Å². The fourth-order valence-electron chi connectivity index (χ4n) is 2.90. The molecule has 1 N–H and O–H groups in total. The number of aryl methyl sites for hydroxylation is 1. The molecule has 2 aromatic rings. The molecule has 0 radical (unpaired) electrons. The number of urea groups is 1. The number of benzene rings is 1. The second-order valence-electron chi connectivity index (χ2n) is 6.14. The van der Waals surface area contributed by atoms with E-state index in [9.17, 15) is 9.59 Å². The first kappa shape index (κ1) is 17.7. The maximum Gasteiger partial charge on any atom is 0.337 e. The van der Waals surface area contributed by atoms with Gasteiger partial charge >= 0.3 is 12.0 Å². The molecule has 1 aliphatic heterocycles. The Balaban J connectivity index is 1.62. The second-order valence-corrected chi connectivity index (χ2v) is 6.14. The number of methoxy groups -OCH3 is 1. The van der Waals surface area contributed by atoms with E-state index in [4.69, 9.17) is 4.74 Å². The topological polar surface area (TPSA) is 74.8 Å². The van der Waals surface area contributed by atoms with Gasteiger partial charge in [0.05, 0.1) is 24.6 Å². The molecule has 7 nitrogen and oxygen atoms in total. The van der Waals surface area contributed by atoms with Crippen LogP contribution >= 0.6 is 0 Å². The standard InChI is InChI=1S/C19H22N4O3/c1-14-5-6-15(18(24)26-2)12-17(14)21-19(25)23-10-8-22(9-11-23)16-4-3-7-20-13-16/h3-7,12-13H,8-11H2,1-2H3,(H,21,25). The molecule has 1 aromatic carbocycles. The Hall–Kier alpha value is -3.09. The van der Waals surface area contributed by atoms with Gasteiger partial charge in [-0.1, -0.05) is 6.07 Å². The van der Waals surface area contributed by atoms with Gasteiger partial charge in [0.2, 0.25) is 0 Å². The van der Waals surface area contributed by atoms with Crippen LogP contribution in [0.2, 0.25) is 0 Å². The Morgan fingerprint density at radius 3 is 2.58 bits per heavy atom. The van der Waals surface area contributed by atoms with E-state index in [1.807, 2.05) is 25.3 Å². The number of hydrogen-bond acceptors (Lipinski definition) is 5. The zero-order chi connectivity index (χ0) is 18.5.